The van der Waals surface area contributed by atoms with Crippen LogP contribution in [0.5, 0.6) is 0 Å². The normalized spacial score (nSPS) is 12.1. The first-order valence-electron chi connectivity index (χ1n) is 7.72. The van der Waals surface area contributed by atoms with Crippen LogP contribution in [0.1, 0.15) is 11.7 Å². The molecule has 7 heteroatoms. The van der Waals surface area contributed by atoms with Gasteiger partial charge in [0.25, 0.3) is 11.5 Å². The van der Waals surface area contributed by atoms with Gasteiger partial charge in [-0.25, -0.2) is 4.68 Å². The van der Waals surface area contributed by atoms with Gasteiger partial charge in [-0.05, 0) is 23.8 Å². The Kier molecular flexibility index (Phi) is 5.11. The maximum Gasteiger partial charge on any atom is 0.274 e. The van der Waals surface area contributed by atoms with Crippen molar-refractivity contribution in [3.05, 3.63) is 75.7 Å². The zero-order valence-corrected chi connectivity index (χ0v) is 14.0. The lowest BCUT2D eigenvalue weighted by atomic mass is 10.1. The van der Waals surface area contributed by atoms with Crippen molar-refractivity contribution in [1.82, 2.24) is 15.1 Å². The molecule has 1 unspecified atom stereocenters. The van der Waals surface area contributed by atoms with Gasteiger partial charge >= 0.3 is 0 Å². The molecule has 2 N–H and O–H groups in total. The van der Waals surface area contributed by atoms with Gasteiger partial charge in [-0.15, -0.1) is 0 Å². The molecule has 25 heavy (non-hydrogen) atoms. The molecule has 128 valence electrons. The van der Waals surface area contributed by atoms with E-state index in [-0.39, 0.29) is 18.6 Å². The molecule has 1 aromatic heterocycles. The molecule has 0 aliphatic rings. The molecule has 3 rings (SSSR count). The summed E-state index contributed by atoms with van der Waals surface area (Å²) < 4.78 is 1.29. The third-order valence-electron chi connectivity index (χ3n) is 3.80. The smallest absolute Gasteiger partial charge is 0.274 e. The highest BCUT2D eigenvalue weighted by molar-refractivity contribution is 6.30. The Bertz CT molecular complexity index is 971. The molecule has 0 bridgehead atoms. The number of carbonyl (C=O) groups excluding carboxylic acids is 1. The largest absolute Gasteiger partial charge is 0.378 e. The van der Waals surface area contributed by atoms with Crippen molar-refractivity contribution >= 4 is 28.3 Å². The summed E-state index contributed by atoms with van der Waals surface area (Å²) in [5.74, 6) is -0.559. The van der Waals surface area contributed by atoms with Gasteiger partial charge in [0.1, 0.15) is 0 Å². The summed E-state index contributed by atoms with van der Waals surface area (Å²) in [6.45, 7) is 0.374. The van der Waals surface area contributed by atoms with Crippen LogP contribution >= 0.6 is 11.6 Å². The van der Waals surface area contributed by atoms with Crippen molar-refractivity contribution in [1.29, 1.82) is 0 Å². The van der Waals surface area contributed by atoms with Gasteiger partial charge in [0, 0.05) is 17.0 Å². The molecule has 0 aliphatic carbocycles. The number of aromatic nitrogens is 2. The molecule has 1 heterocycles. The second-order valence-corrected chi connectivity index (χ2v) is 5.95. The molecule has 0 saturated heterocycles. The number of fused-ring (bicyclic) bond motifs is 1. The summed E-state index contributed by atoms with van der Waals surface area (Å²) in [4.78, 5) is 24.4. The van der Waals surface area contributed by atoms with Crippen LogP contribution in [0.15, 0.2) is 59.5 Å². The third-order valence-corrected chi connectivity index (χ3v) is 4.03. The van der Waals surface area contributed by atoms with Gasteiger partial charge in [0.2, 0.25) is 0 Å². The summed E-state index contributed by atoms with van der Waals surface area (Å²) in [6, 6.07) is 13.6. The average molecular weight is 358 g/mol. The SMILES string of the molecule is O=C(NCCn1ncc2ccccc2c1=O)C(O)c1cccc(Cl)c1. The van der Waals surface area contributed by atoms with Crippen LogP contribution in [-0.4, -0.2) is 27.3 Å². The molecule has 2 aromatic carbocycles. The van der Waals surface area contributed by atoms with Crippen LogP contribution in [0.2, 0.25) is 5.02 Å². The highest BCUT2D eigenvalue weighted by Gasteiger charge is 2.17. The van der Waals surface area contributed by atoms with Gasteiger partial charge in [-0.1, -0.05) is 41.9 Å². The molecule has 0 spiro atoms. The number of amides is 1. The van der Waals surface area contributed by atoms with Crippen molar-refractivity contribution in [2.24, 2.45) is 0 Å². The van der Waals surface area contributed by atoms with Gasteiger partial charge in [-0.2, -0.15) is 5.10 Å². The van der Waals surface area contributed by atoms with Gasteiger partial charge in [0.15, 0.2) is 6.10 Å². The lowest BCUT2D eigenvalue weighted by molar-refractivity contribution is -0.129. The molecule has 0 aliphatic heterocycles. The molecule has 0 radical (unpaired) electrons. The fraction of sp³-hybridized carbons (Fsp3) is 0.167. The molecule has 6 nitrogen and oxygen atoms in total. The fourth-order valence-corrected chi connectivity index (χ4v) is 2.70. The summed E-state index contributed by atoms with van der Waals surface area (Å²) in [7, 11) is 0. The average Bonchev–Trinajstić information content (AvgIpc) is 2.63. The first-order chi connectivity index (χ1) is 12.1. The van der Waals surface area contributed by atoms with E-state index < -0.39 is 12.0 Å². The van der Waals surface area contributed by atoms with Crippen LogP contribution in [0.4, 0.5) is 0 Å². The summed E-state index contributed by atoms with van der Waals surface area (Å²) in [5, 5.41) is 18.5. The van der Waals surface area contributed by atoms with Gasteiger partial charge in [0.05, 0.1) is 18.1 Å². The summed E-state index contributed by atoms with van der Waals surface area (Å²) in [5.41, 5.74) is 0.189. The minimum atomic E-state index is -1.32. The molecular formula is C18H16ClN3O3. The van der Waals surface area contributed by atoms with Gasteiger partial charge in [-0.3, -0.25) is 9.59 Å². The van der Waals surface area contributed by atoms with Crippen LogP contribution in [-0.2, 0) is 11.3 Å². The zero-order valence-electron chi connectivity index (χ0n) is 13.2. The Morgan fingerprint density at radius 1 is 1.24 bits per heavy atom. The van der Waals surface area contributed by atoms with Crippen LogP contribution in [0, 0.1) is 0 Å². The number of hydrogen-bond donors (Lipinski definition) is 2. The number of carbonyl (C=O) groups is 1. The maximum absolute atomic E-state index is 12.3. The second kappa shape index (κ2) is 7.46. The Morgan fingerprint density at radius 2 is 2.04 bits per heavy atom. The second-order valence-electron chi connectivity index (χ2n) is 5.51. The number of aliphatic hydroxyl groups excluding tert-OH is 1. The number of benzene rings is 2. The maximum atomic E-state index is 12.3. The summed E-state index contributed by atoms with van der Waals surface area (Å²) in [6.07, 6.45) is 0.291. The zero-order chi connectivity index (χ0) is 17.8. The Hall–Kier alpha value is -2.70. The quantitative estimate of drug-likeness (QED) is 0.730. The molecule has 1 amide bonds. The number of hydrogen-bond acceptors (Lipinski definition) is 4. The van der Waals surface area contributed by atoms with Crippen molar-refractivity contribution in [3.8, 4) is 0 Å². The van der Waals surface area contributed by atoms with E-state index in [0.29, 0.717) is 16.0 Å². The molecular weight excluding hydrogens is 342 g/mol. The highest BCUT2D eigenvalue weighted by Crippen LogP contribution is 2.17. The number of rotatable bonds is 5. The van der Waals surface area contributed by atoms with E-state index in [1.54, 1.807) is 36.5 Å². The molecule has 0 saturated carbocycles. The lowest BCUT2D eigenvalue weighted by Crippen LogP contribution is -2.34. The molecule has 1 atom stereocenters. The standard InChI is InChI=1S/C18H16ClN3O3/c19-14-6-3-5-12(10-14)16(23)17(24)20-8-9-22-18(25)15-7-2-1-4-13(15)11-21-22/h1-7,10-11,16,23H,8-9H2,(H,20,24). The molecule has 0 fully saturated rings. The third kappa shape index (κ3) is 3.87. The number of halogens is 1. The number of aliphatic hydroxyl groups is 1. The van der Waals surface area contributed by atoms with E-state index in [9.17, 15) is 14.7 Å². The topological polar surface area (TPSA) is 84.2 Å². The fourth-order valence-electron chi connectivity index (χ4n) is 2.50. The van der Waals surface area contributed by atoms with Crippen molar-refractivity contribution < 1.29 is 9.90 Å². The van der Waals surface area contributed by atoms with E-state index in [1.807, 2.05) is 12.1 Å². The van der Waals surface area contributed by atoms with Crippen molar-refractivity contribution in [2.75, 3.05) is 6.54 Å². The molecule has 3 aromatic rings. The minimum absolute atomic E-state index is 0.168. The first kappa shape index (κ1) is 17.1. The van der Waals surface area contributed by atoms with E-state index in [2.05, 4.69) is 10.4 Å². The Balaban J connectivity index is 1.64. The van der Waals surface area contributed by atoms with E-state index in [4.69, 9.17) is 11.6 Å². The van der Waals surface area contributed by atoms with Gasteiger partial charge < -0.3 is 10.4 Å². The monoisotopic (exact) mass is 357 g/mol. The number of nitrogens with zero attached hydrogens (tertiary/aromatic N) is 2. The first-order valence-corrected chi connectivity index (χ1v) is 8.10. The lowest BCUT2D eigenvalue weighted by Gasteiger charge is -2.12. The highest BCUT2D eigenvalue weighted by atomic mass is 35.5. The van der Waals surface area contributed by atoms with Crippen LogP contribution < -0.4 is 10.9 Å². The van der Waals surface area contributed by atoms with Crippen molar-refractivity contribution in [3.63, 3.8) is 0 Å². The predicted octanol–water partition coefficient (Wildman–Crippen LogP) is 1.90. The van der Waals surface area contributed by atoms with Crippen LogP contribution in [0.3, 0.4) is 0 Å². The Labute approximate surface area is 148 Å². The minimum Gasteiger partial charge on any atom is -0.378 e. The summed E-state index contributed by atoms with van der Waals surface area (Å²) >= 11 is 5.85. The van der Waals surface area contributed by atoms with E-state index in [0.717, 1.165) is 5.39 Å². The number of nitrogens with one attached hydrogen (secondary N) is 1. The van der Waals surface area contributed by atoms with E-state index in [1.165, 1.54) is 10.7 Å². The predicted molar refractivity (Wildman–Crippen MR) is 95.4 cm³/mol. The van der Waals surface area contributed by atoms with Crippen molar-refractivity contribution in [2.45, 2.75) is 12.6 Å². The van der Waals surface area contributed by atoms with E-state index >= 15 is 0 Å². The van der Waals surface area contributed by atoms with Crippen LogP contribution in [0.25, 0.3) is 10.8 Å². The Morgan fingerprint density at radius 3 is 2.84 bits per heavy atom.